The fraction of sp³-hybridized carbons (Fsp3) is 0.643. The summed E-state index contributed by atoms with van der Waals surface area (Å²) in [7, 11) is -2.03. The van der Waals surface area contributed by atoms with Crippen molar-refractivity contribution in [1.82, 2.24) is 0 Å². The van der Waals surface area contributed by atoms with Crippen LogP contribution in [0, 0.1) is 41.4 Å². The maximum absolute atomic E-state index is 6.79. The Kier molecular flexibility index (Phi) is 7.35. The van der Waals surface area contributed by atoms with E-state index in [0.717, 1.165) is 36.0 Å². The van der Waals surface area contributed by atoms with Gasteiger partial charge in [-0.25, -0.2) is 8.75 Å². The number of hydrogen-bond acceptors (Lipinski definition) is 1. The molecule has 1 aliphatic heterocycles. The quantitative estimate of drug-likeness (QED) is 0.246. The van der Waals surface area contributed by atoms with Crippen LogP contribution in [0.2, 0.25) is 0 Å². The van der Waals surface area contributed by atoms with Gasteiger partial charge in [0.05, 0.1) is 12.2 Å². The topological polar surface area (TPSA) is 9.23 Å². The van der Waals surface area contributed by atoms with Gasteiger partial charge in [0.25, 0.3) is 0 Å². The molecular weight excluding hydrogens is 553 g/mol. The summed E-state index contributed by atoms with van der Waals surface area (Å²) in [4.78, 5) is 1.45. The third-order valence-electron chi connectivity index (χ3n) is 13.8. The van der Waals surface area contributed by atoms with E-state index in [0.29, 0.717) is 16.7 Å². The summed E-state index contributed by atoms with van der Waals surface area (Å²) in [6.45, 7) is 13.1. The number of fused-ring (bicyclic) bond motifs is 4. The van der Waals surface area contributed by atoms with Crippen molar-refractivity contribution in [2.75, 3.05) is 19.1 Å². The zero-order valence-corrected chi connectivity index (χ0v) is 29.8. The molecule has 0 amide bonds. The third-order valence-corrected chi connectivity index (χ3v) is 17.0. The lowest BCUT2D eigenvalue weighted by molar-refractivity contribution is -0.144. The summed E-state index contributed by atoms with van der Waals surface area (Å²) in [5, 5.41) is 0. The van der Waals surface area contributed by atoms with Gasteiger partial charge >= 0.3 is 0 Å². The number of allylic oxidation sites excluding steroid dienone is 2. The summed E-state index contributed by atoms with van der Waals surface area (Å²) < 4.78 is 6.79. The summed E-state index contributed by atoms with van der Waals surface area (Å²) in [5.41, 5.74) is 9.06. The highest BCUT2D eigenvalue weighted by atomic mass is 32.3. The Labute approximate surface area is 269 Å². The molecule has 7 unspecified atom stereocenters. The number of benzene rings is 2. The molecule has 0 N–H and O–H groups in total. The van der Waals surface area contributed by atoms with Gasteiger partial charge in [0, 0.05) is 11.7 Å². The van der Waals surface area contributed by atoms with Crippen LogP contribution in [-0.4, -0.2) is 30.6 Å². The van der Waals surface area contributed by atoms with E-state index in [1.165, 1.54) is 80.2 Å². The van der Waals surface area contributed by atoms with Crippen molar-refractivity contribution in [2.24, 2.45) is 34.5 Å². The van der Waals surface area contributed by atoms with Crippen LogP contribution in [-0.2, 0) is 10.5 Å². The van der Waals surface area contributed by atoms with E-state index in [9.17, 15) is 0 Å². The van der Waals surface area contributed by atoms with E-state index in [-0.39, 0.29) is 5.60 Å². The van der Waals surface area contributed by atoms with E-state index < -0.39 is 8.75 Å². The minimum absolute atomic E-state index is 0.147. The maximum Gasteiger partial charge on any atom is 0.0691 e. The standard InChI is InChI=1S/C42H60OS/c1-29-9-12-31(13-10-29)27-44(6,7,8)34-17-14-32(15-18-34)37-26-41(5)30(2)11-20-38(41)36-19-16-33-25-42(22-21-35(33)39(36)37)24-23-40(3,4)28-43-42/h9-10,12-15,17-18,30,33,36-38H,6,11,16,19-28H2,1-5,7-8H3. The van der Waals surface area contributed by atoms with E-state index in [2.05, 4.69) is 95.7 Å². The molecule has 0 radical (unpaired) electrons. The average molecular weight is 613 g/mol. The normalized spacial score (nSPS) is 37.5. The van der Waals surface area contributed by atoms with Gasteiger partial charge in [-0.2, -0.15) is 0 Å². The molecule has 0 aromatic heterocycles. The smallest absolute Gasteiger partial charge is 0.0691 e. The molecular formula is C42H60OS. The zero-order valence-electron chi connectivity index (χ0n) is 29.0. The highest BCUT2D eigenvalue weighted by Crippen LogP contribution is 2.67. The molecule has 0 bridgehead atoms. The molecule has 7 atom stereocenters. The van der Waals surface area contributed by atoms with Gasteiger partial charge in [0.15, 0.2) is 0 Å². The average Bonchev–Trinajstić information content (AvgIpc) is 3.29. The van der Waals surface area contributed by atoms with Gasteiger partial charge in [0.2, 0.25) is 0 Å². The van der Waals surface area contributed by atoms with E-state index >= 15 is 0 Å². The highest BCUT2D eigenvalue weighted by Gasteiger charge is 2.56. The molecule has 2 aromatic rings. The summed E-state index contributed by atoms with van der Waals surface area (Å²) in [6, 6.07) is 19.2. The predicted octanol–water partition coefficient (Wildman–Crippen LogP) is 11.2. The molecule has 4 aliphatic carbocycles. The van der Waals surface area contributed by atoms with Crippen molar-refractivity contribution < 1.29 is 4.74 Å². The maximum atomic E-state index is 6.79. The lowest BCUT2D eigenvalue weighted by Crippen LogP contribution is -2.48. The summed E-state index contributed by atoms with van der Waals surface area (Å²) in [5.74, 6) is 9.80. The Morgan fingerprint density at radius 1 is 0.864 bits per heavy atom. The molecule has 1 heterocycles. The predicted molar refractivity (Wildman–Crippen MR) is 192 cm³/mol. The molecule has 1 spiro atoms. The van der Waals surface area contributed by atoms with Crippen molar-refractivity contribution in [2.45, 2.75) is 121 Å². The molecule has 2 heteroatoms. The van der Waals surface area contributed by atoms with Crippen LogP contribution < -0.4 is 0 Å². The van der Waals surface area contributed by atoms with Crippen LogP contribution in [0.15, 0.2) is 64.6 Å². The van der Waals surface area contributed by atoms with Crippen LogP contribution in [0.4, 0.5) is 0 Å². The molecule has 5 aliphatic rings. The van der Waals surface area contributed by atoms with Crippen LogP contribution >= 0.6 is 8.75 Å². The second-order valence-electron chi connectivity index (χ2n) is 18.2. The highest BCUT2D eigenvalue weighted by molar-refractivity contribution is 8.44. The van der Waals surface area contributed by atoms with Crippen molar-refractivity contribution in [1.29, 1.82) is 0 Å². The minimum Gasteiger partial charge on any atom is -0.374 e. The first-order valence-corrected chi connectivity index (χ1v) is 21.1. The number of ether oxygens (including phenoxy) is 1. The van der Waals surface area contributed by atoms with E-state index in [4.69, 9.17) is 10.6 Å². The lowest BCUT2D eigenvalue weighted by Gasteiger charge is -2.56. The van der Waals surface area contributed by atoms with Gasteiger partial charge in [-0.05, 0) is 134 Å². The second kappa shape index (κ2) is 10.4. The third kappa shape index (κ3) is 5.33. The monoisotopic (exact) mass is 612 g/mol. The number of hydrogen-bond donors (Lipinski definition) is 0. The number of rotatable bonds is 4. The van der Waals surface area contributed by atoms with Crippen molar-refractivity contribution in [3.8, 4) is 0 Å². The summed E-state index contributed by atoms with van der Waals surface area (Å²) in [6.07, 6.45) is 18.3. The molecule has 1 nitrogen and oxygen atoms in total. The van der Waals surface area contributed by atoms with Crippen molar-refractivity contribution in [3.05, 3.63) is 76.4 Å². The molecule has 4 fully saturated rings. The van der Waals surface area contributed by atoms with Crippen molar-refractivity contribution >= 4 is 14.6 Å². The molecule has 44 heavy (non-hydrogen) atoms. The Hall–Kier alpha value is -1.64. The van der Waals surface area contributed by atoms with Gasteiger partial charge in [0.1, 0.15) is 0 Å². The zero-order chi connectivity index (χ0) is 31.1. The Morgan fingerprint density at radius 3 is 2.27 bits per heavy atom. The molecule has 7 rings (SSSR count). The first kappa shape index (κ1) is 31.0. The molecule has 2 aromatic carbocycles. The SMILES string of the molecule is C=S(C)(C)(Cc1ccc(C)cc1)c1ccc(C2CC3(C)C(C)CCC3C3CCC4CC5(CCC4=C23)CCC(C)(C)CO5)cc1. The minimum atomic E-state index is -2.03. The van der Waals surface area contributed by atoms with Gasteiger partial charge in [-0.15, -0.1) is 0 Å². The Morgan fingerprint density at radius 2 is 1.59 bits per heavy atom. The van der Waals surface area contributed by atoms with Gasteiger partial charge in [-0.3, -0.25) is 0 Å². The molecule has 3 saturated carbocycles. The van der Waals surface area contributed by atoms with Gasteiger partial charge in [-0.1, -0.05) is 98.8 Å². The van der Waals surface area contributed by atoms with Crippen LogP contribution in [0.1, 0.15) is 115 Å². The second-order valence-corrected chi connectivity index (χ2v) is 23.9. The molecule has 240 valence electrons. The van der Waals surface area contributed by atoms with E-state index in [1.807, 2.05) is 11.1 Å². The Bertz CT molecular complexity index is 1490. The summed E-state index contributed by atoms with van der Waals surface area (Å²) >= 11 is 0. The van der Waals surface area contributed by atoms with Crippen LogP contribution in [0.25, 0.3) is 0 Å². The fourth-order valence-corrected chi connectivity index (χ4v) is 13.3. The molecule has 1 saturated heterocycles. The fourth-order valence-electron chi connectivity index (χ4n) is 10.8. The van der Waals surface area contributed by atoms with Gasteiger partial charge < -0.3 is 4.74 Å². The number of aryl methyl sites for hydroxylation is 1. The largest absolute Gasteiger partial charge is 0.374 e. The van der Waals surface area contributed by atoms with E-state index in [1.54, 1.807) is 5.56 Å². The van der Waals surface area contributed by atoms with Crippen LogP contribution in [0.5, 0.6) is 0 Å². The lowest BCUT2D eigenvalue weighted by atomic mass is 9.50. The van der Waals surface area contributed by atoms with Crippen LogP contribution in [0.3, 0.4) is 0 Å². The Balaban J connectivity index is 1.22. The first-order valence-electron chi connectivity index (χ1n) is 17.9. The first-order chi connectivity index (χ1) is 20.7. The van der Waals surface area contributed by atoms with Crippen molar-refractivity contribution in [3.63, 3.8) is 0 Å².